The Balaban J connectivity index is 1.75. The molecular formula is C19H21FN2O3. The van der Waals surface area contributed by atoms with Gasteiger partial charge in [-0.25, -0.2) is 9.18 Å². The van der Waals surface area contributed by atoms with Crippen LogP contribution in [0.15, 0.2) is 48.5 Å². The van der Waals surface area contributed by atoms with E-state index in [9.17, 15) is 14.0 Å². The van der Waals surface area contributed by atoms with Gasteiger partial charge in [-0.2, -0.15) is 0 Å². The normalized spacial score (nSPS) is 11.5. The number of nitrogens with one attached hydrogen (secondary N) is 2. The summed E-state index contributed by atoms with van der Waals surface area (Å²) >= 11 is 0. The summed E-state index contributed by atoms with van der Waals surface area (Å²) in [5.74, 6) is -0.634. The fraction of sp³-hybridized carbons (Fsp3) is 0.263. The molecule has 2 N–H and O–H groups in total. The molecule has 5 nitrogen and oxygen atoms in total. The summed E-state index contributed by atoms with van der Waals surface area (Å²) in [6.45, 7) is 3.61. The number of hydrogen-bond acceptors (Lipinski definition) is 3. The van der Waals surface area contributed by atoms with E-state index < -0.39 is 12.1 Å². The summed E-state index contributed by atoms with van der Waals surface area (Å²) in [5, 5.41) is 5.17. The predicted octanol–water partition coefficient (Wildman–Crippen LogP) is 3.07. The Kier molecular flexibility index (Phi) is 6.51. The van der Waals surface area contributed by atoms with Crippen LogP contribution in [0.2, 0.25) is 0 Å². The highest BCUT2D eigenvalue weighted by Crippen LogP contribution is 2.09. The molecule has 0 bridgehead atoms. The van der Waals surface area contributed by atoms with Crippen LogP contribution in [0, 0.1) is 12.7 Å². The van der Waals surface area contributed by atoms with Crippen LogP contribution in [0.25, 0.3) is 0 Å². The summed E-state index contributed by atoms with van der Waals surface area (Å²) in [6.07, 6.45) is -0.663. The third kappa shape index (κ3) is 5.91. The summed E-state index contributed by atoms with van der Waals surface area (Å²) in [6, 6.07) is 13.1. The maximum absolute atomic E-state index is 13.2. The average molecular weight is 344 g/mol. The molecule has 2 amide bonds. The Morgan fingerprint density at radius 2 is 1.84 bits per heavy atom. The van der Waals surface area contributed by atoms with Gasteiger partial charge in [-0.15, -0.1) is 0 Å². The van der Waals surface area contributed by atoms with Gasteiger partial charge in [0.2, 0.25) is 5.91 Å². The predicted molar refractivity (Wildman–Crippen MR) is 92.2 cm³/mol. The molecule has 0 spiro atoms. The second-order valence-electron chi connectivity index (χ2n) is 5.73. The first-order valence-electron chi connectivity index (χ1n) is 7.95. The zero-order valence-corrected chi connectivity index (χ0v) is 14.2. The van der Waals surface area contributed by atoms with Crippen LogP contribution >= 0.6 is 0 Å². The van der Waals surface area contributed by atoms with Crippen LogP contribution in [0.1, 0.15) is 23.6 Å². The molecule has 6 heteroatoms. The lowest BCUT2D eigenvalue weighted by Crippen LogP contribution is -2.44. The first-order valence-corrected chi connectivity index (χ1v) is 7.95. The Morgan fingerprint density at radius 1 is 1.12 bits per heavy atom. The van der Waals surface area contributed by atoms with Gasteiger partial charge in [0.25, 0.3) is 0 Å². The van der Waals surface area contributed by atoms with Crippen molar-refractivity contribution in [2.75, 3.05) is 0 Å². The van der Waals surface area contributed by atoms with Gasteiger partial charge < -0.3 is 15.4 Å². The Hall–Kier alpha value is -2.89. The van der Waals surface area contributed by atoms with Gasteiger partial charge in [0.15, 0.2) is 0 Å². The fourth-order valence-corrected chi connectivity index (χ4v) is 2.17. The third-order valence-corrected chi connectivity index (χ3v) is 3.63. The molecule has 2 aromatic rings. The molecular weight excluding hydrogens is 323 g/mol. The molecule has 2 rings (SSSR count). The van der Waals surface area contributed by atoms with Crippen molar-refractivity contribution in [3.05, 3.63) is 71.0 Å². The van der Waals surface area contributed by atoms with Crippen molar-refractivity contribution in [3.8, 4) is 0 Å². The van der Waals surface area contributed by atoms with E-state index in [4.69, 9.17) is 4.74 Å². The molecule has 0 aliphatic heterocycles. The van der Waals surface area contributed by atoms with Gasteiger partial charge in [-0.1, -0.05) is 42.5 Å². The zero-order valence-electron chi connectivity index (χ0n) is 14.2. The number of carbonyl (C=O) groups is 2. The summed E-state index contributed by atoms with van der Waals surface area (Å²) in [5.41, 5.74) is 2.16. The summed E-state index contributed by atoms with van der Waals surface area (Å²) in [4.78, 5) is 23.8. The molecule has 0 heterocycles. The van der Waals surface area contributed by atoms with Gasteiger partial charge in [0.05, 0.1) is 0 Å². The number of aryl methyl sites for hydroxylation is 1. The van der Waals surface area contributed by atoms with Crippen molar-refractivity contribution in [1.82, 2.24) is 10.6 Å². The van der Waals surface area contributed by atoms with Crippen molar-refractivity contribution in [2.24, 2.45) is 0 Å². The summed E-state index contributed by atoms with van der Waals surface area (Å²) < 4.78 is 18.3. The summed E-state index contributed by atoms with van der Waals surface area (Å²) in [7, 11) is 0. The van der Waals surface area contributed by atoms with Gasteiger partial charge in [-0.3, -0.25) is 4.79 Å². The number of halogens is 1. The monoisotopic (exact) mass is 344 g/mol. The number of carbonyl (C=O) groups excluding carboxylic acids is 2. The minimum absolute atomic E-state index is 0.135. The molecule has 0 fully saturated rings. The molecule has 0 saturated carbocycles. The van der Waals surface area contributed by atoms with Gasteiger partial charge in [0, 0.05) is 6.54 Å². The lowest BCUT2D eigenvalue weighted by Gasteiger charge is -2.14. The third-order valence-electron chi connectivity index (χ3n) is 3.63. The van der Waals surface area contributed by atoms with Crippen LogP contribution in [0.5, 0.6) is 0 Å². The number of benzene rings is 2. The van der Waals surface area contributed by atoms with E-state index in [0.717, 1.165) is 11.1 Å². The SMILES string of the molecule is Cc1cc(CNC(=O)[C@@H](C)NC(=O)OCc2ccccc2)ccc1F. The van der Waals surface area contributed by atoms with Crippen molar-refractivity contribution >= 4 is 12.0 Å². The first kappa shape index (κ1) is 18.4. The Labute approximate surface area is 146 Å². The highest BCUT2D eigenvalue weighted by Gasteiger charge is 2.16. The first-order chi connectivity index (χ1) is 12.0. The number of amides is 2. The van der Waals surface area contributed by atoms with E-state index in [1.165, 1.54) is 6.07 Å². The van der Waals surface area contributed by atoms with E-state index in [0.29, 0.717) is 5.56 Å². The van der Waals surface area contributed by atoms with Crippen molar-refractivity contribution < 1.29 is 18.7 Å². The maximum atomic E-state index is 13.2. The largest absolute Gasteiger partial charge is 0.445 e. The molecule has 0 aliphatic carbocycles. The highest BCUT2D eigenvalue weighted by atomic mass is 19.1. The van der Waals surface area contributed by atoms with E-state index in [-0.39, 0.29) is 24.9 Å². The quantitative estimate of drug-likeness (QED) is 0.846. The topological polar surface area (TPSA) is 67.4 Å². The molecule has 0 aliphatic rings. The highest BCUT2D eigenvalue weighted by molar-refractivity contribution is 5.85. The van der Waals surface area contributed by atoms with E-state index >= 15 is 0 Å². The molecule has 132 valence electrons. The standard InChI is InChI=1S/C19H21FN2O3/c1-13-10-16(8-9-17(13)20)11-21-18(23)14(2)22-19(24)25-12-15-6-4-3-5-7-15/h3-10,14H,11-12H2,1-2H3,(H,21,23)(H,22,24)/t14-/m1/s1. The lowest BCUT2D eigenvalue weighted by atomic mass is 10.1. The van der Waals surface area contributed by atoms with Crippen LogP contribution < -0.4 is 10.6 Å². The van der Waals surface area contributed by atoms with Gasteiger partial charge >= 0.3 is 6.09 Å². The number of hydrogen-bond donors (Lipinski definition) is 2. The molecule has 0 saturated heterocycles. The molecule has 0 radical (unpaired) electrons. The molecule has 1 atom stereocenters. The molecule has 25 heavy (non-hydrogen) atoms. The van der Waals surface area contributed by atoms with Crippen molar-refractivity contribution in [3.63, 3.8) is 0 Å². The molecule has 0 unspecified atom stereocenters. The second-order valence-corrected chi connectivity index (χ2v) is 5.73. The lowest BCUT2D eigenvalue weighted by molar-refractivity contribution is -0.122. The number of rotatable bonds is 6. The van der Waals surface area contributed by atoms with Crippen molar-refractivity contribution in [2.45, 2.75) is 33.0 Å². The van der Waals surface area contributed by atoms with Gasteiger partial charge in [0.1, 0.15) is 18.5 Å². The minimum atomic E-state index is -0.746. The minimum Gasteiger partial charge on any atom is -0.445 e. The smallest absolute Gasteiger partial charge is 0.408 e. The molecule has 0 aromatic heterocycles. The van der Waals surface area contributed by atoms with E-state index in [1.807, 2.05) is 30.3 Å². The van der Waals surface area contributed by atoms with E-state index in [2.05, 4.69) is 10.6 Å². The van der Waals surface area contributed by atoms with Crippen LogP contribution in [0.3, 0.4) is 0 Å². The van der Waals surface area contributed by atoms with E-state index in [1.54, 1.807) is 26.0 Å². The van der Waals surface area contributed by atoms with Crippen LogP contribution in [-0.2, 0) is 22.7 Å². The van der Waals surface area contributed by atoms with Gasteiger partial charge in [-0.05, 0) is 36.6 Å². The maximum Gasteiger partial charge on any atom is 0.408 e. The van der Waals surface area contributed by atoms with Crippen LogP contribution in [0.4, 0.5) is 9.18 Å². The number of ether oxygens (including phenoxy) is 1. The van der Waals surface area contributed by atoms with Crippen LogP contribution in [-0.4, -0.2) is 18.0 Å². The Morgan fingerprint density at radius 3 is 2.52 bits per heavy atom. The Bertz CT molecular complexity index is 735. The van der Waals surface area contributed by atoms with Crippen molar-refractivity contribution in [1.29, 1.82) is 0 Å². The zero-order chi connectivity index (χ0) is 18.2. The average Bonchev–Trinajstić information content (AvgIpc) is 2.61. The molecule has 2 aromatic carbocycles. The number of alkyl carbamates (subject to hydrolysis) is 1. The second kappa shape index (κ2) is 8.82. The fourth-order valence-electron chi connectivity index (χ4n) is 2.17.